The lowest BCUT2D eigenvalue weighted by Crippen LogP contribution is -2.29. The van der Waals surface area contributed by atoms with E-state index in [1.54, 1.807) is 25.2 Å². The Hall–Kier alpha value is -2.47. The van der Waals surface area contributed by atoms with Gasteiger partial charge in [-0.2, -0.15) is 0 Å². The van der Waals surface area contributed by atoms with Crippen LogP contribution in [0.1, 0.15) is 19.4 Å². The predicted molar refractivity (Wildman–Crippen MR) is 85.7 cm³/mol. The van der Waals surface area contributed by atoms with E-state index in [4.69, 9.17) is 0 Å². The summed E-state index contributed by atoms with van der Waals surface area (Å²) in [7, 11) is 1.68. The zero-order valence-electron chi connectivity index (χ0n) is 12.9. The van der Waals surface area contributed by atoms with Gasteiger partial charge in [0.1, 0.15) is 0 Å². The molecule has 0 saturated carbocycles. The third kappa shape index (κ3) is 3.40. The van der Waals surface area contributed by atoms with Gasteiger partial charge in [-0.3, -0.25) is 14.9 Å². The molecule has 0 spiro atoms. The Bertz CT molecular complexity index is 751. The second-order valence-corrected chi connectivity index (χ2v) is 5.45. The fourth-order valence-electron chi connectivity index (χ4n) is 2.20. The van der Waals surface area contributed by atoms with Crippen LogP contribution in [-0.4, -0.2) is 15.5 Å². The Morgan fingerprint density at radius 2 is 2.00 bits per heavy atom. The van der Waals surface area contributed by atoms with Crippen molar-refractivity contribution in [3.8, 4) is 11.3 Å². The van der Waals surface area contributed by atoms with Crippen molar-refractivity contribution in [1.29, 1.82) is 0 Å². The first-order valence-electron chi connectivity index (χ1n) is 7.07. The van der Waals surface area contributed by atoms with E-state index in [2.05, 4.69) is 5.32 Å². The molecule has 0 aliphatic heterocycles. The summed E-state index contributed by atoms with van der Waals surface area (Å²) in [5.74, 6) is 0. The largest absolute Gasteiger partial charge is 0.311 e. The van der Waals surface area contributed by atoms with Crippen LogP contribution in [0.15, 0.2) is 41.2 Å². The molecule has 0 saturated heterocycles. The van der Waals surface area contributed by atoms with E-state index in [0.717, 1.165) is 0 Å². The van der Waals surface area contributed by atoms with Gasteiger partial charge in [0.25, 0.3) is 11.2 Å². The standard InChI is InChI=1S/C16H19N3O3/c1-11(2)17-10-13-7-8-15(18(3)16(13)20)12-5-4-6-14(9-12)19(21)22/h4-9,11,17H,10H2,1-3H3. The SMILES string of the molecule is CC(C)NCc1ccc(-c2cccc([N+](=O)[O-])c2)n(C)c1=O. The molecule has 0 radical (unpaired) electrons. The van der Waals surface area contributed by atoms with Crippen molar-refractivity contribution in [1.82, 2.24) is 9.88 Å². The number of benzene rings is 1. The second kappa shape index (κ2) is 6.53. The van der Waals surface area contributed by atoms with E-state index in [1.807, 2.05) is 19.9 Å². The smallest absolute Gasteiger partial charge is 0.270 e. The lowest BCUT2D eigenvalue weighted by atomic mass is 10.1. The van der Waals surface area contributed by atoms with Crippen molar-refractivity contribution in [2.24, 2.45) is 7.05 Å². The number of hydrogen-bond donors (Lipinski definition) is 1. The van der Waals surface area contributed by atoms with Crippen molar-refractivity contribution in [3.05, 3.63) is 62.4 Å². The number of nitrogens with zero attached hydrogens (tertiary/aromatic N) is 2. The van der Waals surface area contributed by atoms with Crippen LogP contribution < -0.4 is 10.9 Å². The molecule has 22 heavy (non-hydrogen) atoms. The molecular weight excluding hydrogens is 282 g/mol. The summed E-state index contributed by atoms with van der Waals surface area (Å²) in [6.07, 6.45) is 0. The van der Waals surface area contributed by atoms with Crippen molar-refractivity contribution in [2.45, 2.75) is 26.4 Å². The molecule has 0 fully saturated rings. The highest BCUT2D eigenvalue weighted by molar-refractivity contribution is 5.63. The van der Waals surface area contributed by atoms with E-state index in [1.165, 1.54) is 16.7 Å². The molecule has 0 bridgehead atoms. The molecule has 0 amide bonds. The number of aromatic nitrogens is 1. The number of non-ortho nitro benzene ring substituents is 1. The number of hydrogen-bond acceptors (Lipinski definition) is 4. The fraction of sp³-hybridized carbons (Fsp3) is 0.312. The van der Waals surface area contributed by atoms with E-state index < -0.39 is 4.92 Å². The summed E-state index contributed by atoms with van der Waals surface area (Å²) in [6, 6.07) is 10.2. The molecule has 6 nitrogen and oxygen atoms in total. The minimum absolute atomic E-state index is 0.00972. The first kappa shape index (κ1) is 15.9. The minimum Gasteiger partial charge on any atom is -0.311 e. The molecule has 1 aromatic carbocycles. The Labute approximate surface area is 128 Å². The number of pyridine rings is 1. The number of nitro groups is 1. The van der Waals surface area contributed by atoms with Crippen molar-refractivity contribution >= 4 is 5.69 Å². The van der Waals surface area contributed by atoms with Crippen LogP contribution in [0, 0.1) is 10.1 Å². The molecule has 0 unspecified atom stereocenters. The second-order valence-electron chi connectivity index (χ2n) is 5.45. The third-order valence-corrected chi connectivity index (χ3v) is 3.44. The predicted octanol–water partition coefficient (Wildman–Crippen LogP) is 2.46. The van der Waals surface area contributed by atoms with Crippen molar-refractivity contribution < 1.29 is 4.92 Å². The van der Waals surface area contributed by atoms with Gasteiger partial charge in [-0.25, -0.2) is 0 Å². The number of rotatable bonds is 5. The summed E-state index contributed by atoms with van der Waals surface area (Å²) in [6.45, 7) is 4.53. The Morgan fingerprint density at radius 3 is 2.64 bits per heavy atom. The summed E-state index contributed by atoms with van der Waals surface area (Å²) in [4.78, 5) is 22.8. The van der Waals surface area contributed by atoms with Crippen LogP contribution in [0.3, 0.4) is 0 Å². The Kier molecular flexibility index (Phi) is 4.72. The first-order valence-corrected chi connectivity index (χ1v) is 7.07. The Morgan fingerprint density at radius 1 is 1.27 bits per heavy atom. The molecular formula is C16H19N3O3. The molecule has 2 rings (SSSR count). The monoisotopic (exact) mass is 301 g/mol. The van der Waals surface area contributed by atoms with Crippen molar-refractivity contribution in [3.63, 3.8) is 0 Å². The third-order valence-electron chi connectivity index (χ3n) is 3.44. The highest BCUT2D eigenvalue weighted by atomic mass is 16.6. The molecule has 0 aliphatic rings. The van der Waals surface area contributed by atoms with Gasteiger partial charge in [0.2, 0.25) is 0 Å². The van der Waals surface area contributed by atoms with Crippen LogP contribution in [0.25, 0.3) is 11.3 Å². The maximum Gasteiger partial charge on any atom is 0.270 e. The van der Waals surface area contributed by atoms with Gasteiger partial charge in [-0.1, -0.05) is 32.0 Å². The Balaban J connectivity index is 2.41. The molecule has 0 atom stereocenters. The van der Waals surface area contributed by atoms with E-state index in [-0.39, 0.29) is 11.2 Å². The van der Waals surface area contributed by atoms with E-state index in [0.29, 0.717) is 29.4 Å². The normalized spacial score (nSPS) is 10.9. The zero-order valence-corrected chi connectivity index (χ0v) is 12.9. The molecule has 2 aromatic rings. The van der Waals surface area contributed by atoms with Crippen molar-refractivity contribution in [2.75, 3.05) is 0 Å². The molecule has 0 aliphatic carbocycles. The van der Waals surface area contributed by atoms with Gasteiger partial charge >= 0.3 is 0 Å². The zero-order chi connectivity index (χ0) is 16.3. The average molecular weight is 301 g/mol. The summed E-state index contributed by atoms with van der Waals surface area (Å²) >= 11 is 0. The van der Waals surface area contributed by atoms with Crippen LogP contribution in [0.5, 0.6) is 0 Å². The molecule has 116 valence electrons. The summed E-state index contributed by atoms with van der Waals surface area (Å²) in [5.41, 5.74) is 1.89. The molecule has 6 heteroatoms. The molecule has 1 N–H and O–H groups in total. The summed E-state index contributed by atoms with van der Waals surface area (Å²) in [5, 5.41) is 14.1. The van der Waals surface area contributed by atoms with Crippen LogP contribution >= 0.6 is 0 Å². The highest BCUT2D eigenvalue weighted by Crippen LogP contribution is 2.22. The molecule has 1 aromatic heterocycles. The van der Waals surface area contributed by atoms with Gasteiger partial charge in [0.15, 0.2) is 0 Å². The van der Waals surface area contributed by atoms with Crippen LogP contribution in [0.2, 0.25) is 0 Å². The lowest BCUT2D eigenvalue weighted by Gasteiger charge is -2.12. The average Bonchev–Trinajstić information content (AvgIpc) is 2.48. The molecule has 1 heterocycles. The number of nitrogens with one attached hydrogen (secondary N) is 1. The van der Waals surface area contributed by atoms with Gasteiger partial charge in [-0.05, 0) is 6.07 Å². The highest BCUT2D eigenvalue weighted by Gasteiger charge is 2.11. The fourth-order valence-corrected chi connectivity index (χ4v) is 2.20. The van der Waals surface area contributed by atoms with Gasteiger partial charge < -0.3 is 9.88 Å². The summed E-state index contributed by atoms with van der Waals surface area (Å²) < 4.78 is 1.52. The maximum atomic E-state index is 12.4. The maximum absolute atomic E-state index is 12.4. The topological polar surface area (TPSA) is 77.2 Å². The van der Waals surface area contributed by atoms with E-state index >= 15 is 0 Å². The van der Waals surface area contributed by atoms with Gasteiger partial charge in [-0.15, -0.1) is 0 Å². The van der Waals surface area contributed by atoms with Crippen LogP contribution in [0.4, 0.5) is 5.69 Å². The first-order chi connectivity index (χ1) is 10.4. The quantitative estimate of drug-likeness (QED) is 0.680. The van der Waals surface area contributed by atoms with E-state index in [9.17, 15) is 14.9 Å². The van der Waals surface area contributed by atoms with Gasteiger partial charge in [0, 0.05) is 42.9 Å². The minimum atomic E-state index is -0.442. The van der Waals surface area contributed by atoms with Crippen LogP contribution in [-0.2, 0) is 13.6 Å². The van der Waals surface area contributed by atoms with Gasteiger partial charge in [0.05, 0.1) is 10.6 Å². The lowest BCUT2D eigenvalue weighted by molar-refractivity contribution is -0.384. The number of nitro benzene ring substituents is 1.